The summed E-state index contributed by atoms with van der Waals surface area (Å²) in [6, 6.07) is 10.2. The Labute approximate surface area is 142 Å². The van der Waals surface area contributed by atoms with Gasteiger partial charge in [-0.25, -0.2) is 4.39 Å². The predicted molar refractivity (Wildman–Crippen MR) is 90.7 cm³/mol. The molecule has 0 radical (unpaired) electrons. The van der Waals surface area contributed by atoms with Gasteiger partial charge in [0.25, 0.3) is 0 Å². The number of hydrogen-bond donors (Lipinski definition) is 1. The largest absolute Gasteiger partial charge is 0.310 e. The first-order valence-electron chi connectivity index (χ1n) is 6.63. The van der Waals surface area contributed by atoms with Gasteiger partial charge in [0.05, 0.1) is 0 Å². The quantitative estimate of drug-likeness (QED) is 0.681. The first-order valence-corrected chi connectivity index (χ1v) is 8.18. The molecule has 21 heavy (non-hydrogen) atoms. The molecule has 1 unspecified atom stereocenters. The van der Waals surface area contributed by atoms with E-state index in [0.29, 0.717) is 16.5 Å². The van der Waals surface area contributed by atoms with Gasteiger partial charge in [-0.2, -0.15) is 0 Å². The van der Waals surface area contributed by atoms with Crippen molar-refractivity contribution in [2.45, 2.75) is 19.4 Å². The van der Waals surface area contributed by atoms with Crippen molar-refractivity contribution in [3.63, 3.8) is 0 Å². The molecule has 1 N–H and O–H groups in total. The molecule has 0 aromatic heterocycles. The maximum Gasteiger partial charge on any atom is 0.123 e. The van der Waals surface area contributed by atoms with E-state index in [1.807, 2.05) is 25.1 Å². The van der Waals surface area contributed by atoms with Gasteiger partial charge in [-0.3, -0.25) is 0 Å². The van der Waals surface area contributed by atoms with Crippen LogP contribution in [0.1, 0.15) is 24.1 Å². The zero-order valence-corrected chi connectivity index (χ0v) is 14.6. The monoisotopic (exact) mass is 389 g/mol. The van der Waals surface area contributed by atoms with Crippen LogP contribution in [0, 0.1) is 5.82 Å². The zero-order valence-electron chi connectivity index (χ0n) is 11.5. The van der Waals surface area contributed by atoms with Crippen LogP contribution >= 0.6 is 39.1 Å². The summed E-state index contributed by atoms with van der Waals surface area (Å²) in [5.74, 6) is -0.286. The lowest BCUT2D eigenvalue weighted by Gasteiger charge is -2.20. The third kappa shape index (κ3) is 4.43. The summed E-state index contributed by atoms with van der Waals surface area (Å²) in [5.41, 5.74) is 1.74. The minimum atomic E-state index is -0.286. The van der Waals surface area contributed by atoms with E-state index in [2.05, 4.69) is 21.2 Å². The van der Waals surface area contributed by atoms with E-state index in [1.54, 1.807) is 6.07 Å². The highest BCUT2D eigenvalue weighted by Gasteiger charge is 2.16. The van der Waals surface area contributed by atoms with Gasteiger partial charge in [0, 0.05) is 20.6 Å². The summed E-state index contributed by atoms with van der Waals surface area (Å²) in [4.78, 5) is 0. The molecular weight excluding hydrogens is 376 g/mol. The third-order valence-corrected chi connectivity index (χ3v) is 4.41. The average Bonchev–Trinajstić information content (AvgIpc) is 2.42. The van der Waals surface area contributed by atoms with E-state index in [1.165, 1.54) is 12.1 Å². The molecule has 5 heteroatoms. The Morgan fingerprint density at radius 3 is 2.57 bits per heavy atom. The van der Waals surface area contributed by atoms with E-state index >= 15 is 0 Å². The van der Waals surface area contributed by atoms with Gasteiger partial charge < -0.3 is 5.32 Å². The molecular formula is C16H15BrCl2FN. The molecule has 0 bridgehead atoms. The number of benzene rings is 2. The van der Waals surface area contributed by atoms with Crippen molar-refractivity contribution >= 4 is 39.1 Å². The molecule has 0 saturated heterocycles. The second-order valence-corrected chi connectivity index (χ2v) is 6.45. The van der Waals surface area contributed by atoms with Gasteiger partial charge in [0.1, 0.15) is 5.82 Å². The SMILES string of the molecule is CCNC(Cc1cc(F)ccc1Cl)c1ccc(Br)cc1Cl. The average molecular weight is 391 g/mol. The van der Waals surface area contributed by atoms with E-state index < -0.39 is 0 Å². The topological polar surface area (TPSA) is 12.0 Å². The van der Waals surface area contributed by atoms with E-state index in [-0.39, 0.29) is 11.9 Å². The third-order valence-electron chi connectivity index (χ3n) is 3.22. The maximum absolute atomic E-state index is 13.4. The standard InChI is InChI=1S/C16H15BrCl2FN/c1-2-21-16(13-5-3-11(17)9-15(13)19)8-10-7-12(20)4-6-14(10)18/h3-7,9,16,21H,2,8H2,1H3. The van der Waals surface area contributed by atoms with E-state index in [0.717, 1.165) is 22.1 Å². The summed E-state index contributed by atoms with van der Waals surface area (Å²) in [5, 5.41) is 4.61. The lowest BCUT2D eigenvalue weighted by atomic mass is 9.98. The predicted octanol–water partition coefficient (Wildman–Crippen LogP) is 5.79. The van der Waals surface area contributed by atoms with Crippen molar-refractivity contribution in [1.29, 1.82) is 0 Å². The van der Waals surface area contributed by atoms with Crippen LogP contribution in [0.2, 0.25) is 10.0 Å². The molecule has 2 aromatic rings. The number of hydrogen-bond acceptors (Lipinski definition) is 1. The summed E-state index contributed by atoms with van der Waals surface area (Å²) in [6.45, 7) is 2.80. The van der Waals surface area contributed by atoms with Gasteiger partial charge in [0.15, 0.2) is 0 Å². The Morgan fingerprint density at radius 2 is 1.90 bits per heavy atom. The minimum absolute atomic E-state index is 0.0186. The Morgan fingerprint density at radius 1 is 1.14 bits per heavy atom. The molecule has 1 nitrogen and oxygen atoms in total. The summed E-state index contributed by atoms with van der Waals surface area (Å²) in [7, 11) is 0. The minimum Gasteiger partial charge on any atom is -0.310 e. The highest BCUT2D eigenvalue weighted by Crippen LogP contribution is 2.30. The molecule has 2 rings (SSSR count). The van der Waals surface area contributed by atoms with E-state index in [4.69, 9.17) is 23.2 Å². The van der Waals surface area contributed by atoms with Crippen LogP contribution in [-0.4, -0.2) is 6.54 Å². The molecule has 0 aliphatic carbocycles. The Balaban J connectivity index is 2.32. The van der Waals surface area contributed by atoms with Gasteiger partial charge in [-0.1, -0.05) is 52.1 Å². The van der Waals surface area contributed by atoms with Gasteiger partial charge in [-0.15, -0.1) is 0 Å². The highest BCUT2D eigenvalue weighted by atomic mass is 79.9. The second kappa shape index (κ2) is 7.59. The number of nitrogens with one attached hydrogen (secondary N) is 1. The van der Waals surface area contributed by atoms with Crippen LogP contribution in [0.15, 0.2) is 40.9 Å². The first-order chi connectivity index (χ1) is 10.0. The fourth-order valence-corrected chi connectivity index (χ4v) is 3.24. The number of rotatable bonds is 5. The van der Waals surface area contributed by atoms with Crippen LogP contribution in [-0.2, 0) is 6.42 Å². The van der Waals surface area contributed by atoms with Crippen molar-refractivity contribution in [2.24, 2.45) is 0 Å². The number of likely N-dealkylation sites (N-methyl/N-ethyl adjacent to an activating group) is 1. The van der Waals surface area contributed by atoms with Crippen LogP contribution < -0.4 is 5.32 Å². The lowest BCUT2D eigenvalue weighted by molar-refractivity contribution is 0.547. The van der Waals surface area contributed by atoms with Crippen LogP contribution in [0.3, 0.4) is 0 Å². The van der Waals surface area contributed by atoms with Crippen LogP contribution in [0.5, 0.6) is 0 Å². The molecule has 0 saturated carbocycles. The Bertz CT molecular complexity index is 634. The molecule has 0 aliphatic rings. The summed E-state index contributed by atoms with van der Waals surface area (Å²) in [6.07, 6.45) is 0.575. The molecule has 0 fully saturated rings. The van der Waals surface area contributed by atoms with Crippen molar-refractivity contribution in [1.82, 2.24) is 5.32 Å². The fraction of sp³-hybridized carbons (Fsp3) is 0.250. The Hall–Kier alpha value is -0.610. The molecule has 0 spiro atoms. The second-order valence-electron chi connectivity index (χ2n) is 4.72. The van der Waals surface area contributed by atoms with Crippen molar-refractivity contribution in [2.75, 3.05) is 6.54 Å². The van der Waals surface area contributed by atoms with Crippen molar-refractivity contribution in [3.05, 3.63) is 67.9 Å². The highest BCUT2D eigenvalue weighted by molar-refractivity contribution is 9.10. The zero-order chi connectivity index (χ0) is 15.4. The Kier molecular flexibility index (Phi) is 6.06. The molecule has 2 aromatic carbocycles. The van der Waals surface area contributed by atoms with Crippen molar-refractivity contribution < 1.29 is 4.39 Å². The first kappa shape index (κ1) is 16.8. The molecule has 112 valence electrons. The molecule has 1 atom stereocenters. The fourth-order valence-electron chi connectivity index (χ4n) is 2.24. The summed E-state index contributed by atoms with van der Waals surface area (Å²) >= 11 is 15.9. The van der Waals surface area contributed by atoms with Gasteiger partial charge >= 0.3 is 0 Å². The normalized spacial score (nSPS) is 12.4. The van der Waals surface area contributed by atoms with Gasteiger partial charge in [0.2, 0.25) is 0 Å². The maximum atomic E-state index is 13.4. The smallest absolute Gasteiger partial charge is 0.123 e. The molecule has 0 heterocycles. The van der Waals surface area contributed by atoms with Gasteiger partial charge in [-0.05, 0) is 54.4 Å². The van der Waals surface area contributed by atoms with Crippen LogP contribution in [0.25, 0.3) is 0 Å². The van der Waals surface area contributed by atoms with Crippen molar-refractivity contribution in [3.8, 4) is 0 Å². The summed E-state index contributed by atoms with van der Waals surface area (Å²) < 4.78 is 14.3. The van der Waals surface area contributed by atoms with E-state index in [9.17, 15) is 4.39 Å². The lowest BCUT2D eigenvalue weighted by Crippen LogP contribution is -2.23. The molecule has 0 amide bonds. The number of halogens is 4. The molecule has 0 aliphatic heterocycles. The van der Waals surface area contributed by atoms with Crippen LogP contribution in [0.4, 0.5) is 4.39 Å².